The second-order valence-corrected chi connectivity index (χ2v) is 10.4. The van der Waals surface area contributed by atoms with Gasteiger partial charge in [-0.1, -0.05) is 18.2 Å². The third kappa shape index (κ3) is 6.51. The van der Waals surface area contributed by atoms with Gasteiger partial charge in [-0.2, -0.15) is 0 Å². The molecule has 4 nitrogen and oxygen atoms in total. The number of carbonyl (C=O) groups is 1. The molecule has 1 aliphatic heterocycles. The molecule has 4 rings (SSSR count). The van der Waals surface area contributed by atoms with Crippen molar-refractivity contribution in [3.8, 4) is 11.1 Å². The van der Waals surface area contributed by atoms with Crippen LogP contribution >= 0.6 is 0 Å². The molecule has 1 saturated heterocycles. The topological polar surface area (TPSA) is 41.6 Å². The predicted molar refractivity (Wildman–Crippen MR) is 131 cm³/mol. The lowest BCUT2D eigenvalue weighted by Gasteiger charge is -2.42. The van der Waals surface area contributed by atoms with E-state index in [0.717, 1.165) is 12.1 Å². The van der Waals surface area contributed by atoms with E-state index in [2.05, 4.69) is 5.32 Å². The van der Waals surface area contributed by atoms with Gasteiger partial charge in [-0.05, 0) is 56.4 Å². The summed E-state index contributed by atoms with van der Waals surface area (Å²) in [6.45, 7) is 4.63. The normalized spacial score (nSPS) is 25.9. The van der Waals surface area contributed by atoms with E-state index in [1.54, 1.807) is 0 Å². The highest BCUT2D eigenvalue weighted by molar-refractivity contribution is 5.80. The Bertz CT molecular complexity index is 1120. The van der Waals surface area contributed by atoms with Crippen LogP contribution in [-0.4, -0.2) is 60.3 Å². The van der Waals surface area contributed by atoms with Crippen molar-refractivity contribution < 1.29 is 35.9 Å². The third-order valence-corrected chi connectivity index (χ3v) is 7.34. The van der Waals surface area contributed by atoms with Crippen LogP contribution in [0.2, 0.25) is 0 Å². The average Bonchev–Trinajstić information content (AvgIpc) is 2.83. The van der Waals surface area contributed by atoms with Gasteiger partial charge in [0.1, 0.15) is 29.7 Å². The van der Waals surface area contributed by atoms with Crippen molar-refractivity contribution in [2.45, 2.75) is 82.3 Å². The Morgan fingerprint density at radius 1 is 1.11 bits per heavy atom. The smallest absolute Gasteiger partial charge is 0.270 e. The fourth-order valence-electron chi connectivity index (χ4n) is 5.28. The fourth-order valence-corrected chi connectivity index (χ4v) is 5.28. The molecule has 0 radical (unpaired) electrons. The molecule has 0 aromatic heterocycles. The largest absolute Gasteiger partial charge is 0.369 e. The first-order valence-corrected chi connectivity index (χ1v) is 12.9. The first-order chi connectivity index (χ1) is 17.9. The van der Waals surface area contributed by atoms with Gasteiger partial charge in [-0.25, -0.2) is 26.3 Å². The van der Waals surface area contributed by atoms with Gasteiger partial charge in [-0.3, -0.25) is 9.69 Å². The molecule has 0 bridgehead atoms. The molecule has 1 aliphatic carbocycles. The Morgan fingerprint density at radius 3 is 2.47 bits per heavy atom. The second-order valence-electron chi connectivity index (χ2n) is 10.4. The average molecular weight is 543 g/mol. The zero-order valence-corrected chi connectivity index (χ0v) is 21.3. The molecule has 2 aromatic rings. The number of likely N-dealkylation sites (tertiary alicyclic amines) is 1. The summed E-state index contributed by atoms with van der Waals surface area (Å²) < 4.78 is 93.0. The summed E-state index contributed by atoms with van der Waals surface area (Å²) in [5, 5.41) is 2.31. The molecular weight excluding hydrogens is 510 g/mol. The number of benzene rings is 2. The van der Waals surface area contributed by atoms with Crippen LogP contribution < -0.4 is 5.32 Å². The van der Waals surface area contributed by atoms with Crippen LogP contribution in [0.5, 0.6) is 0 Å². The maximum atomic E-state index is 15.2. The van der Waals surface area contributed by atoms with Crippen molar-refractivity contribution >= 4 is 5.91 Å². The van der Waals surface area contributed by atoms with Gasteiger partial charge in [0.15, 0.2) is 0 Å². The van der Waals surface area contributed by atoms with Gasteiger partial charge in [0, 0.05) is 37.2 Å². The molecule has 2 fully saturated rings. The number of ether oxygens (including phenoxy) is 1. The number of nitrogens with one attached hydrogen (secondary N) is 1. The highest BCUT2D eigenvalue weighted by atomic mass is 19.3. The molecule has 0 spiro atoms. The lowest BCUT2D eigenvalue weighted by molar-refractivity contribution is -0.166. The highest BCUT2D eigenvalue weighted by Gasteiger charge is 2.49. The maximum absolute atomic E-state index is 15.2. The van der Waals surface area contributed by atoms with E-state index in [1.807, 2.05) is 18.7 Å². The van der Waals surface area contributed by atoms with E-state index in [9.17, 15) is 26.7 Å². The number of piperidine rings is 1. The van der Waals surface area contributed by atoms with Gasteiger partial charge in [0.2, 0.25) is 5.91 Å². The Hall–Kier alpha value is -2.59. The number of alkyl halides is 3. The lowest BCUT2D eigenvalue weighted by atomic mass is 9.88. The highest BCUT2D eigenvalue weighted by Crippen LogP contribution is 2.37. The van der Waals surface area contributed by atoms with Crippen LogP contribution in [0.1, 0.15) is 45.1 Å². The van der Waals surface area contributed by atoms with Gasteiger partial charge in [-0.15, -0.1) is 0 Å². The maximum Gasteiger partial charge on any atom is 0.270 e. The summed E-state index contributed by atoms with van der Waals surface area (Å²) in [6, 6.07) is 5.05. The quantitative estimate of drug-likeness (QED) is 0.448. The standard InChI is InChI=1S/C28H32F6N2O2/c1-16(2)36-10-8-23(22(31)15-36)38-24-7-4-9-28(33,34)27(24)35-25(37)13-17-5-3-6-21(26(17)32)18-11-19(29)14-20(30)12-18/h3,5-6,11-12,14,16,22-24,27H,4,7-10,13,15H2,1-2H3,(H,35,37)/t22-,23+,24+,27-/m1/s1. The van der Waals surface area contributed by atoms with Crippen molar-refractivity contribution in [3.63, 3.8) is 0 Å². The molecule has 4 atom stereocenters. The first kappa shape index (κ1) is 28.4. The lowest BCUT2D eigenvalue weighted by Crippen LogP contribution is -2.59. The van der Waals surface area contributed by atoms with Crippen LogP contribution in [0.3, 0.4) is 0 Å². The minimum absolute atomic E-state index is 0.0566. The summed E-state index contributed by atoms with van der Waals surface area (Å²) >= 11 is 0. The molecule has 1 N–H and O–H groups in total. The van der Waals surface area contributed by atoms with E-state index in [4.69, 9.17) is 4.74 Å². The molecule has 1 saturated carbocycles. The molecule has 0 unspecified atom stereocenters. The Balaban J connectivity index is 1.47. The van der Waals surface area contributed by atoms with Crippen molar-refractivity contribution in [3.05, 3.63) is 59.4 Å². The van der Waals surface area contributed by atoms with E-state index in [0.29, 0.717) is 19.0 Å². The van der Waals surface area contributed by atoms with Crippen LogP contribution in [-0.2, 0) is 16.0 Å². The van der Waals surface area contributed by atoms with Crippen LogP contribution in [0, 0.1) is 17.5 Å². The van der Waals surface area contributed by atoms with Crippen LogP contribution in [0.4, 0.5) is 26.3 Å². The predicted octanol–water partition coefficient (Wildman–Crippen LogP) is 5.82. The van der Waals surface area contributed by atoms with Gasteiger partial charge >= 0.3 is 0 Å². The monoisotopic (exact) mass is 542 g/mol. The molecule has 1 amide bonds. The summed E-state index contributed by atoms with van der Waals surface area (Å²) in [4.78, 5) is 14.8. The molecule has 2 aromatic carbocycles. The number of carbonyl (C=O) groups excluding carboxylic acids is 1. The van der Waals surface area contributed by atoms with Crippen molar-refractivity contribution in [2.24, 2.45) is 0 Å². The van der Waals surface area contributed by atoms with E-state index < -0.39 is 66.5 Å². The van der Waals surface area contributed by atoms with Gasteiger partial charge in [0.05, 0.1) is 18.6 Å². The molecule has 38 heavy (non-hydrogen) atoms. The number of hydrogen-bond donors (Lipinski definition) is 1. The Labute approximate surface area is 218 Å². The minimum atomic E-state index is -3.29. The van der Waals surface area contributed by atoms with Crippen molar-refractivity contribution in [1.82, 2.24) is 10.2 Å². The zero-order valence-electron chi connectivity index (χ0n) is 21.3. The van der Waals surface area contributed by atoms with Crippen molar-refractivity contribution in [2.75, 3.05) is 13.1 Å². The minimum Gasteiger partial charge on any atom is -0.369 e. The van der Waals surface area contributed by atoms with E-state index in [-0.39, 0.29) is 42.1 Å². The van der Waals surface area contributed by atoms with Crippen LogP contribution in [0.15, 0.2) is 36.4 Å². The third-order valence-electron chi connectivity index (χ3n) is 7.34. The summed E-state index contributed by atoms with van der Waals surface area (Å²) in [5.41, 5.74) is -0.301. The Kier molecular flexibility index (Phi) is 8.72. The summed E-state index contributed by atoms with van der Waals surface area (Å²) in [5.74, 6) is -6.81. The van der Waals surface area contributed by atoms with E-state index in [1.165, 1.54) is 18.2 Å². The molecule has 1 heterocycles. The SMILES string of the molecule is CC(C)N1CC[C@H](O[C@H]2CCCC(F)(F)[C@@H]2NC(=O)Cc2cccc(-c3cc(F)cc(F)c3)c2F)[C@H](F)C1. The number of nitrogens with zero attached hydrogens (tertiary/aromatic N) is 1. The zero-order chi connectivity index (χ0) is 27.6. The number of rotatable bonds is 7. The first-order valence-electron chi connectivity index (χ1n) is 12.9. The molecule has 2 aliphatic rings. The fraction of sp³-hybridized carbons (Fsp3) is 0.536. The second kappa shape index (κ2) is 11.7. The van der Waals surface area contributed by atoms with E-state index >= 15 is 4.39 Å². The van der Waals surface area contributed by atoms with Crippen LogP contribution in [0.25, 0.3) is 11.1 Å². The van der Waals surface area contributed by atoms with Crippen molar-refractivity contribution in [1.29, 1.82) is 0 Å². The molecule has 10 heteroatoms. The number of halogens is 6. The summed E-state index contributed by atoms with van der Waals surface area (Å²) in [7, 11) is 0. The van der Waals surface area contributed by atoms with Gasteiger partial charge < -0.3 is 10.1 Å². The molecular formula is C28H32F6N2O2. The summed E-state index contributed by atoms with van der Waals surface area (Å²) in [6.07, 6.45) is -3.60. The van der Waals surface area contributed by atoms with Gasteiger partial charge in [0.25, 0.3) is 5.92 Å². The number of amides is 1. The Morgan fingerprint density at radius 2 is 1.82 bits per heavy atom. The molecule has 208 valence electrons. The number of hydrogen-bond acceptors (Lipinski definition) is 3.